The lowest BCUT2D eigenvalue weighted by molar-refractivity contribution is 0.464. The van der Waals surface area contributed by atoms with Crippen LogP contribution in [0.25, 0.3) is 10.8 Å². The third-order valence-electron chi connectivity index (χ3n) is 4.79. The molecule has 6 nitrogen and oxygen atoms in total. The van der Waals surface area contributed by atoms with Crippen molar-refractivity contribution < 1.29 is 4.74 Å². The summed E-state index contributed by atoms with van der Waals surface area (Å²) >= 11 is 5.50. The lowest BCUT2D eigenvalue weighted by Crippen LogP contribution is -2.28. The van der Waals surface area contributed by atoms with Crippen molar-refractivity contribution in [3.05, 3.63) is 84.8 Å². The Balaban J connectivity index is 1.45. The van der Waals surface area contributed by atoms with Gasteiger partial charge in [-0.25, -0.2) is 4.98 Å². The molecule has 0 aliphatic carbocycles. The normalized spacial score (nSPS) is 10.5. The standard InChI is InChI=1S/C24H23N5OS/c1-29(2)19-10-6-11-20(13-19)30-23-22(15-25-16-27-23)28-24(31)26-14-18-9-5-8-17-7-3-4-12-21(17)18/h3-13,15-16H,14H2,1-2H3,(H2,26,28,31). The van der Waals surface area contributed by atoms with E-state index in [1.807, 2.05) is 55.4 Å². The van der Waals surface area contributed by atoms with Crippen LogP contribution in [0.4, 0.5) is 11.4 Å². The average molecular weight is 430 g/mol. The van der Waals surface area contributed by atoms with Crippen molar-refractivity contribution in [1.82, 2.24) is 15.3 Å². The first-order chi connectivity index (χ1) is 15.1. The first-order valence-corrected chi connectivity index (χ1v) is 10.3. The van der Waals surface area contributed by atoms with Crippen LogP contribution in [0.5, 0.6) is 11.6 Å². The van der Waals surface area contributed by atoms with E-state index < -0.39 is 0 Å². The summed E-state index contributed by atoms with van der Waals surface area (Å²) in [5, 5.41) is 9.27. The van der Waals surface area contributed by atoms with E-state index in [0.717, 1.165) is 5.69 Å². The number of hydrogen-bond acceptors (Lipinski definition) is 5. The van der Waals surface area contributed by atoms with Gasteiger partial charge in [0.25, 0.3) is 0 Å². The van der Waals surface area contributed by atoms with Gasteiger partial charge in [-0.3, -0.25) is 0 Å². The summed E-state index contributed by atoms with van der Waals surface area (Å²) in [7, 11) is 3.97. The van der Waals surface area contributed by atoms with Crippen LogP contribution >= 0.6 is 12.2 Å². The Bertz CT molecular complexity index is 1210. The predicted molar refractivity (Wildman–Crippen MR) is 130 cm³/mol. The van der Waals surface area contributed by atoms with Gasteiger partial charge in [0.1, 0.15) is 17.8 Å². The van der Waals surface area contributed by atoms with Gasteiger partial charge in [0.15, 0.2) is 5.11 Å². The fourth-order valence-corrected chi connectivity index (χ4v) is 3.39. The minimum absolute atomic E-state index is 0.403. The predicted octanol–water partition coefficient (Wildman–Crippen LogP) is 4.97. The molecule has 4 aromatic rings. The molecule has 7 heteroatoms. The van der Waals surface area contributed by atoms with Crippen molar-refractivity contribution in [2.45, 2.75) is 6.54 Å². The van der Waals surface area contributed by atoms with Crippen LogP contribution in [-0.2, 0) is 6.54 Å². The van der Waals surface area contributed by atoms with Crippen LogP contribution in [0.3, 0.4) is 0 Å². The van der Waals surface area contributed by atoms with Gasteiger partial charge in [-0.1, -0.05) is 48.5 Å². The number of nitrogens with zero attached hydrogens (tertiary/aromatic N) is 3. The molecule has 3 aromatic carbocycles. The molecule has 0 radical (unpaired) electrons. The van der Waals surface area contributed by atoms with E-state index in [4.69, 9.17) is 17.0 Å². The molecule has 0 aliphatic heterocycles. The second-order valence-corrected chi connectivity index (χ2v) is 7.59. The molecule has 0 amide bonds. The van der Waals surface area contributed by atoms with Crippen molar-refractivity contribution in [1.29, 1.82) is 0 Å². The molecule has 1 heterocycles. The number of fused-ring (bicyclic) bond motifs is 1. The van der Waals surface area contributed by atoms with Crippen molar-refractivity contribution >= 4 is 39.5 Å². The van der Waals surface area contributed by atoms with E-state index in [-0.39, 0.29) is 0 Å². The number of aromatic nitrogens is 2. The van der Waals surface area contributed by atoms with E-state index in [9.17, 15) is 0 Å². The van der Waals surface area contributed by atoms with Gasteiger partial charge in [-0.05, 0) is 40.7 Å². The maximum atomic E-state index is 5.99. The third kappa shape index (κ3) is 5.07. The van der Waals surface area contributed by atoms with Gasteiger partial charge in [0.2, 0.25) is 5.88 Å². The topological polar surface area (TPSA) is 62.3 Å². The summed E-state index contributed by atoms with van der Waals surface area (Å²) < 4.78 is 5.99. The van der Waals surface area contributed by atoms with Gasteiger partial charge in [-0.2, -0.15) is 4.98 Å². The largest absolute Gasteiger partial charge is 0.437 e. The quantitative estimate of drug-likeness (QED) is 0.419. The summed E-state index contributed by atoms with van der Waals surface area (Å²) in [6, 6.07) is 22.3. The minimum Gasteiger partial charge on any atom is -0.437 e. The Kier molecular flexibility index (Phi) is 6.24. The number of benzene rings is 3. The molecule has 0 saturated heterocycles. The first-order valence-electron chi connectivity index (χ1n) is 9.87. The maximum absolute atomic E-state index is 5.99. The van der Waals surface area contributed by atoms with Crippen molar-refractivity contribution in [3.8, 4) is 11.6 Å². The highest BCUT2D eigenvalue weighted by atomic mass is 32.1. The zero-order chi connectivity index (χ0) is 21.6. The van der Waals surface area contributed by atoms with Gasteiger partial charge in [-0.15, -0.1) is 0 Å². The molecule has 1 aromatic heterocycles. The summed E-state index contributed by atoms with van der Waals surface area (Å²) in [6.07, 6.45) is 3.09. The van der Waals surface area contributed by atoms with Gasteiger partial charge < -0.3 is 20.3 Å². The van der Waals surface area contributed by atoms with E-state index in [1.54, 1.807) is 6.20 Å². The Morgan fingerprint density at radius 2 is 1.84 bits per heavy atom. The molecule has 0 aliphatic rings. The summed E-state index contributed by atoms with van der Waals surface area (Å²) in [5.41, 5.74) is 2.80. The van der Waals surface area contributed by atoms with Crippen LogP contribution in [0, 0.1) is 0 Å². The fraction of sp³-hybridized carbons (Fsp3) is 0.125. The van der Waals surface area contributed by atoms with Gasteiger partial charge in [0.05, 0.1) is 6.20 Å². The SMILES string of the molecule is CN(C)c1cccc(Oc2ncncc2NC(=S)NCc2cccc3ccccc23)c1. The second kappa shape index (κ2) is 9.40. The van der Waals surface area contributed by atoms with Crippen LogP contribution < -0.4 is 20.3 Å². The highest BCUT2D eigenvalue weighted by Crippen LogP contribution is 2.28. The Morgan fingerprint density at radius 1 is 1.03 bits per heavy atom. The fourth-order valence-electron chi connectivity index (χ4n) is 3.21. The van der Waals surface area contributed by atoms with Crippen molar-refractivity contribution in [2.24, 2.45) is 0 Å². The van der Waals surface area contributed by atoms with E-state index in [2.05, 4.69) is 50.9 Å². The Morgan fingerprint density at radius 3 is 2.71 bits per heavy atom. The molecule has 0 unspecified atom stereocenters. The summed E-state index contributed by atoms with van der Waals surface area (Å²) in [6.45, 7) is 0.599. The minimum atomic E-state index is 0.403. The number of anilines is 2. The van der Waals surface area contributed by atoms with Crippen LogP contribution in [0.1, 0.15) is 5.56 Å². The lowest BCUT2D eigenvalue weighted by Gasteiger charge is -2.16. The lowest BCUT2D eigenvalue weighted by atomic mass is 10.0. The summed E-state index contributed by atoms with van der Waals surface area (Å²) in [5.74, 6) is 1.09. The highest BCUT2D eigenvalue weighted by Gasteiger charge is 2.10. The molecule has 0 atom stereocenters. The molecule has 0 spiro atoms. The molecule has 0 saturated carbocycles. The molecular formula is C24H23N5OS. The van der Waals surface area contributed by atoms with E-state index >= 15 is 0 Å². The monoisotopic (exact) mass is 429 g/mol. The number of ether oxygens (including phenoxy) is 1. The first kappa shape index (κ1) is 20.6. The Hall–Kier alpha value is -3.71. The maximum Gasteiger partial charge on any atom is 0.246 e. The summed E-state index contributed by atoms with van der Waals surface area (Å²) in [4.78, 5) is 10.4. The third-order valence-corrected chi connectivity index (χ3v) is 5.04. The van der Waals surface area contributed by atoms with Crippen LogP contribution in [0.2, 0.25) is 0 Å². The molecule has 0 bridgehead atoms. The average Bonchev–Trinajstić information content (AvgIpc) is 2.79. The zero-order valence-corrected chi connectivity index (χ0v) is 18.2. The highest BCUT2D eigenvalue weighted by molar-refractivity contribution is 7.80. The van der Waals surface area contributed by atoms with Gasteiger partial charge in [0, 0.05) is 32.4 Å². The van der Waals surface area contributed by atoms with Crippen molar-refractivity contribution in [2.75, 3.05) is 24.3 Å². The number of rotatable bonds is 6. The van der Waals surface area contributed by atoms with E-state index in [1.165, 1.54) is 22.7 Å². The number of nitrogens with one attached hydrogen (secondary N) is 2. The molecule has 4 rings (SSSR count). The molecule has 31 heavy (non-hydrogen) atoms. The molecule has 0 fully saturated rings. The number of thiocarbonyl (C=S) groups is 1. The van der Waals surface area contributed by atoms with Gasteiger partial charge >= 0.3 is 0 Å². The van der Waals surface area contributed by atoms with Crippen molar-refractivity contribution in [3.63, 3.8) is 0 Å². The van der Waals surface area contributed by atoms with E-state index in [0.29, 0.717) is 29.0 Å². The van der Waals surface area contributed by atoms with Crippen LogP contribution in [-0.4, -0.2) is 29.2 Å². The second-order valence-electron chi connectivity index (χ2n) is 7.18. The molecule has 2 N–H and O–H groups in total. The van der Waals surface area contributed by atoms with Crippen LogP contribution in [0.15, 0.2) is 79.3 Å². The Labute approximate surface area is 186 Å². The smallest absolute Gasteiger partial charge is 0.246 e. The zero-order valence-electron chi connectivity index (χ0n) is 17.4. The number of hydrogen-bond donors (Lipinski definition) is 2. The molecular weight excluding hydrogens is 406 g/mol. The molecule has 156 valence electrons.